The minimum absolute atomic E-state index is 0.115. The van der Waals surface area contributed by atoms with Gasteiger partial charge in [-0.3, -0.25) is 13.9 Å². The van der Waals surface area contributed by atoms with E-state index in [0.717, 1.165) is 48.2 Å². The van der Waals surface area contributed by atoms with Crippen molar-refractivity contribution in [1.29, 1.82) is 0 Å². The first-order chi connectivity index (χ1) is 14.4. The summed E-state index contributed by atoms with van der Waals surface area (Å²) < 4.78 is 16.9. The molecule has 162 valence electrons. The number of aromatic nitrogens is 1. The van der Waals surface area contributed by atoms with Gasteiger partial charge in [-0.25, -0.2) is 0 Å². The van der Waals surface area contributed by atoms with E-state index in [1.807, 2.05) is 18.2 Å². The number of benzene rings is 1. The third kappa shape index (κ3) is 3.87. The van der Waals surface area contributed by atoms with Crippen molar-refractivity contribution in [3.05, 3.63) is 41.1 Å². The van der Waals surface area contributed by atoms with Gasteiger partial charge < -0.3 is 14.8 Å². The van der Waals surface area contributed by atoms with Crippen LogP contribution in [0.15, 0.2) is 34.7 Å². The summed E-state index contributed by atoms with van der Waals surface area (Å²) >= 11 is 2.26. The molecule has 30 heavy (non-hydrogen) atoms. The van der Waals surface area contributed by atoms with Crippen molar-refractivity contribution in [3.63, 3.8) is 0 Å². The van der Waals surface area contributed by atoms with E-state index in [1.165, 1.54) is 12.7 Å². The molecule has 1 aromatic carbocycles. The number of H-pyrrole nitrogens is 1. The summed E-state index contributed by atoms with van der Waals surface area (Å²) in [6, 6.07) is 5.71. The summed E-state index contributed by atoms with van der Waals surface area (Å²) in [7, 11) is 0.191. The molecule has 2 N–H and O–H groups in total. The van der Waals surface area contributed by atoms with Crippen molar-refractivity contribution in [2.45, 2.75) is 34.6 Å². The number of ether oxygens (including phenoxy) is 1. The van der Waals surface area contributed by atoms with Gasteiger partial charge >= 0.3 is 5.97 Å². The number of aliphatic hydroxyl groups excluding tert-OH is 1. The fourth-order valence-electron chi connectivity index (χ4n) is 4.70. The summed E-state index contributed by atoms with van der Waals surface area (Å²) in [6.45, 7) is 4.63. The average Bonchev–Trinajstić information content (AvgIpc) is 3.10. The van der Waals surface area contributed by atoms with Gasteiger partial charge in [0.25, 0.3) is 0 Å². The molecule has 4 atom stereocenters. The molecule has 0 radical (unpaired) electrons. The standard InChI is InChI=1S/C22H27IN2O4S/c1-3-14-8-15-10-22(23,21(27)29-2)20-18(13-25(11-14)12-15)17-9-16(30(28)7-6-26)4-5-19(17)24-20/h4-5,8-9,15,24,26H,3,6-7,10-13H2,1-2H3/t15-,22+,30?/m1/s1. The molecule has 8 heteroatoms. The number of nitrogens with zero attached hydrogens (tertiary/aromatic N) is 1. The van der Waals surface area contributed by atoms with Gasteiger partial charge in [-0.1, -0.05) is 41.2 Å². The van der Waals surface area contributed by atoms with Crippen molar-refractivity contribution < 1.29 is 18.8 Å². The summed E-state index contributed by atoms with van der Waals surface area (Å²) in [6.07, 6.45) is 4.02. The van der Waals surface area contributed by atoms with Gasteiger partial charge in [0.2, 0.25) is 0 Å². The second-order valence-corrected chi connectivity index (χ2v) is 11.5. The van der Waals surface area contributed by atoms with Crippen LogP contribution in [0, 0.1) is 5.92 Å². The Bertz CT molecular complexity index is 1030. The van der Waals surface area contributed by atoms with Crippen LogP contribution in [0.25, 0.3) is 10.9 Å². The third-order valence-electron chi connectivity index (χ3n) is 6.09. The Kier molecular flexibility index (Phi) is 6.39. The molecule has 0 saturated carbocycles. The number of carbonyl (C=O) groups excluding carboxylic acids is 1. The van der Waals surface area contributed by atoms with Crippen LogP contribution in [-0.2, 0) is 30.3 Å². The lowest BCUT2D eigenvalue weighted by molar-refractivity contribution is -0.143. The van der Waals surface area contributed by atoms with Crippen LogP contribution in [0.3, 0.4) is 0 Å². The van der Waals surface area contributed by atoms with Crippen LogP contribution in [0.2, 0.25) is 0 Å². The normalized spacial score (nSPS) is 27.0. The van der Waals surface area contributed by atoms with Gasteiger partial charge in [0.15, 0.2) is 3.42 Å². The first-order valence-corrected chi connectivity index (χ1v) is 12.6. The Morgan fingerprint density at radius 2 is 2.23 bits per heavy atom. The molecule has 2 aliphatic rings. The highest BCUT2D eigenvalue weighted by atomic mass is 127. The van der Waals surface area contributed by atoms with Crippen LogP contribution in [-0.4, -0.2) is 57.7 Å². The van der Waals surface area contributed by atoms with Gasteiger partial charge in [0, 0.05) is 41.1 Å². The van der Waals surface area contributed by atoms with Gasteiger partial charge in [-0.2, -0.15) is 0 Å². The minimum atomic E-state index is -1.25. The lowest BCUT2D eigenvalue weighted by Gasteiger charge is -2.39. The maximum Gasteiger partial charge on any atom is 0.327 e. The SMILES string of the molecule is CCC1=C[C@H]2CN(C1)Cc1c([nH]c3ccc(S(=O)CCO)cc13)[C@](I)(C(=O)OC)C2. The van der Waals surface area contributed by atoms with Crippen LogP contribution in [0.1, 0.15) is 31.0 Å². The van der Waals surface area contributed by atoms with Crippen LogP contribution in [0.5, 0.6) is 0 Å². The number of nitrogens with one attached hydrogen (secondary N) is 1. The zero-order chi connectivity index (χ0) is 21.5. The number of hydrogen-bond acceptors (Lipinski definition) is 5. The quantitative estimate of drug-likeness (QED) is 0.263. The molecule has 0 aliphatic carbocycles. The molecule has 6 nitrogen and oxygen atoms in total. The van der Waals surface area contributed by atoms with E-state index in [0.29, 0.717) is 11.3 Å². The molecular formula is C22H27IN2O4S. The van der Waals surface area contributed by atoms with E-state index in [2.05, 4.69) is 45.5 Å². The van der Waals surface area contributed by atoms with Crippen LogP contribution < -0.4 is 0 Å². The summed E-state index contributed by atoms with van der Waals surface area (Å²) in [5, 5.41) is 10.2. The second-order valence-electron chi connectivity index (χ2n) is 8.06. The Morgan fingerprint density at radius 1 is 1.43 bits per heavy atom. The van der Waals surface area contributed by atoms with Gasteiger partial charge in [0.1, 0.15) is 0 Å². The lowest BCUT2D eigenvalue weighted by Crippen LogP contribution is -2.43. The molecule has 1 aromatic heterocycles. The Labute approximate surface area is 192 Å². The molecule has 0 fully saturated rings. The van der Waals surface area contributed by atoms with Crippen LogP contribution >= 0.6 is 22.6 Å². The molecule has 0 amide bonds. The highest BCUT2D eigenvalue weighted by molar-refractivity contribution is 14.1. The predicted molar refractivity (Wildman–Crippen MR) is 126 cm³/mol. The number of carbonyl (C=O) groups is 1. The fourth-order valence-corrected chi connectivity index (χ4v) is 6.82. The smallest absolute Gasteiger partial charge is 0.327 e. The van der Waals surface area contributed by atoms with E-state index in [9.17, 15) is 14.1 Å². The molecule has 2 aliphatic heterocycles. The van der Waals surface area contributed by atoms with Gasteiger partial charge in [-0.15, -0.1) is 0 Å². The van der Waals surface area contributed by atoms with E-state index in [-0.39, 0.29) is 24.2 Å². The second kappa shape index (κ2) is 8.72. The molecular weight excluding hydrogens is 515 g/mol. The van der Waals surface area contributed by atoms with E-state index in [4.69, 9.17) is 4.74 Å². The number of halogens is 1. The maximum atomic E-state index is 13.0. The van der Waals surface area contributed by atoms with Crippen molar-refractivity contribution in [2.24, 2.45) is 5.92 Å². The molecule has 2 unspecified atom stereocenters. The predicted octanol–water partition coefficient (Wildman–Crippen LogP) is 3.24. The lowest BCUT2D eigenvalue weighted by atomic mass is 9.84. The minimum Gasteiger partial charge on any atom is -0.468 e. The summed E-state index contributed by atoms with van der Waals surface area (Å²) in [5.74, 6) is 0.261. The van der Waals surface area contributed by atoms with E-state index < -0.39 is 14.2 Å². The van der Waals surface area contributed by atoms with E-state index >= 15 is 0 Å². The molecule has 0 spiro atoms. The maximum absolute atomic E-state index is 13.0. The number of aliphatic hydroxyl groups is 1. The number of alkyl halides is 1. The number of fused-ring (bicyclic) bond motifs is 5. The van der Waals surface area contributed by atoms with E-state index in [1.54, 1.807) is 0 Å². The van der Waals surface area contributed by atoms with Crippen molar-refractivity contribution in [1.82, 2.24) is 9.88 Å². The zero-order valence-corrected chi connectivity index (χ0v) is 20.2. The van der Waals surface area contributed by atoms with Gasteiger partial charge in [-0.05, 0) is 42.5 Å². The number of rotatable bonds is 5. The number of hydrogen-bond donors (Lipinski definition) is 2. The highest BCUT2D eigenvalue weighted by Crippen LogP contribution is 2.46. The Morgan fingerprint density at radius 3 is 2.93 bits per heavy atom. The van der Waals surface area contributed by atoms with Crippen molar-refractivity contribution >= 4 is 50.3 Å². The van der Waals surface area contributed by atoms with Crippen molar-refractivity contribution in [2.75, 3.05) is 32.6 Å². The number of esters is 1. The first kappa shape index (κ1) is 22.0. The zero-order valence-electron chi connectivity index (χ0n) is 17.2. The molecule has 2 aromatic rings. The summed E-state index contributed by atoms with van der Waals surface area (Å²) in [4.78, 5) is 19.6. The monoisotopic (exact) mass is 542 g/mol. The number of aromatic amines is 1. The van der Waals surface area contributed by atoms with Gasteiger partial charge in [0.05, 0.1) is 30.3 Å². The number of methoxy groups -OCH3 is 1. The molecule has 0 saturated heterocycles. The summed E-state index contributed by atoms with van der Waals surface area (Å²) in [5.41, 5.74) is 4.29. The molecule has 2 bridgehead atoms. The average molecular weight is 542 g/mol. The Balaban J connectivity index is 1.89. The fraction of sp³-hybridized carbons (Fsp3) is 0.500. The first-order valence-electron chi connectivity index (χ1n) is 10.2. The van der Waals surface area contributed by atoms with Crippen LogP contribution in [0.4, 0.5) is 0 Å². The van der Waals surface area contributed by atoms with Crippen molar-refractivity contribution in [3.8, 4) is 0 Å². The third-order valence-corrected chi connectivity index (χ3v) is 8.85. The molecule has 4 rings (SSSR count). The Hall–Kier alpha value is -1.23. The molecule has 3 heterocycles. The topological polar surface area (TPSA) is 82.6 Å². The largest absolute Gasteiger partial charge is 0.468 e. The highest BCUT2D eigenvalue weighted by Gasteiger charge is 2.46.